The molecule has 21 heavy (non-hydrogen) atoms. The monoisotopic (exact) mass is 283 g/mol. The van der Waals surface area contributed by atoms with Gasteiger partial charge in [0.05, 0.1) is 12.1 Å². The minimum absolute atomic E-state index is 0.164. The van der Waals surface area contributed by atoms with E-state index in [0.29, 0.717) is 22.3 Å². The van der Waals surface area contributed by atoms with E-state index in [1.54, 1.807) is 30.5 Å². The summed E-state index contributed by atoms with van der Waals surface area (Å²) in [5.41, 5.74) is 2.87. The fourth-order valence-electron chi connectivity index (χ4n) is 2.27. The van der Waals surface area contributed by atoms with Gasteiger partial charge in [-0.15, -0.1) is 0 Å². The van der Waals surface area contributed by atoms with E-state index in [1.165, 1.54) is 10.6 Å². The number of pyridine rings is 1. The first-order chi connectivity index (χ1) is 10.2. The van der Waals surface area contributed by atoms with Crippen molar-refractivity contribution in [3.63, 3.8) is 0 Å². The van der Waals surface area contributed by atoms with E-state index in [-0.39, 0.29) is 12.1 Å². The highest BCUT2D eigenvalue weighted by atomic mass is 16.3. The maximum absolute atomic E-state index is 12.0. The van der Waals surface area contributed by atoms with Crippen LogP contribution in [0.5, 0.6) is 0 Å². The first kappa shape index (κ1) is 13.1. The Balaban J connectivity index is 2.16. The number of nitrogen functional groups attached to an aromatic ring is 1. The van der Waals surface area contributed by atoms with E-state index in [0.717, 1.165) is 0 Å². The van der Waals surface area contributed by atoms with Crippen LogP contribution < -0.4 is 16.8 Å². The van der Waals surface area contributed by atoms with Crippen molar-refractivity contribution in [2.24, 2.45) is 5.84 Å². The molecule has 0 aliphatic carbocycles. The molecule has 0 fully saturated rings. The van der Waals surface area contributed by atoms with Crippen molar-refractivity contribution in [2.45, 2.75) is 6.54 Å². The predicted molar refractivity (Wildman–Crippen MR) is 77.7 cm³/mol. The quantitative estimate of drug-likeness (QED) is 0.430. The number of para-hydroxylation sites is 1. The summed E-state index contributed by atoms with van der Waals surface area (Å²) in [6.45, 7) is 0.164. The number of hydrazine groups is 1. The van der Waals surface area contributed by atoms with Crippen LogP contribution >= 0.6 is 0 Å². The molecular formula is C15H13N3O3. The van der Waals surface area contributed by atoms with Crippen molar-refractivity contribution < 1.29 is 9.21 Å². The van der Waals surface area contributed by atoms with Gasteiger partial charge in [0.1, 0.15) is 11.3 Å². The van der Waals surface area contributed by atoms with Gasteiger partial charge < -0.3 is 8.98 Å². The molecule has 0 bridgehead atoms. The molecule has 0 aliphatic heterocycles. The van der Waals surface area contributed by atoms with Gasteiger partial charge in [0, 0.05) is 17.6 Å². The number of rotatable bonds is 3. The van der Waals surface area contributed by atoms with Crippen molar-refractivity contribution in [2.75, 3.05) is 0 Å². The first-order valence-corrected chi connectivity index (χ1v) is 6.37. The van der Waals surface area contributed by atoms with Crippen LogP contribution in [-0.2, 0) is 6.54 Å². The lowest BCUT2D eigenvalue weighted by Crippen LogP contribution is -2.31. The zero-order chi connectivity index (χ0) is 14.8. The zero-order valence-corrected chi connectivity index (χ0v) is 11.1. The van der Waals surface area contributed by atoms with Crippen LogP contribution in [0.4, 0.5) is 0 Å². The second-order valence-corrected chi connectivity index (χ2v) is 4.54. The van der Waals surface area contributed by atoms with E-state index < -0.39 is 5.91 Å². The average Bonchev–Trinajstić information content (AvgIpc) is 2.87. The Bertz CT molecular complexity index is 864. The topological polar surface area (TPSA) is 90.3 Å². The highest BCUT2D eigenvalue weighted by Gasteiger charge is 2.20. The molecule has 1 amide bonds. The number of aromatic nitrogens is 1. The molecule has 6 heteroatoms. The smallest absolute Gasteiger partial charge is 0.269 e. The molecule has 0 radical (unpaired) electrons. The Morgan fingerprint density at radius 1 is 1.19 bits per heavy atom. The molecule has 2 heterocycles. The number of hydrogen-bond donors (Lipinski definition) is 2. The lowest BCUT2D eigenvalue weighted by molar-refractivity contribution is 0.0953. The Morgan fingerprint density at radius 2 is 1.95 bits per heavy atom. The third-order valence-electron chi connectivity index (χ3n) is 3.24. The van der Waals surface area contributed by atoms with Crippen LogP contribution in [0.15, 0.2) is 57.9 Å². The van der Waals surface area contributed by atoms with E-state index >= 15 is 0 Å². The number of nitrogens with two attached hydrogens (primary N) is 1. The molecule has 0 saturated carbocycles. The van der Waals surface area contributed by atoms with Crippen molar-refractivity contribution in [3.8, 4) is 0 Å². The molecule has 3 N–H and O–H groups in total. The molecule has 0 saturated heterocycles. The molecule has 0 spiro atoms. The van der Waals surface area contributed by atoms with E-state index in [2.05, 4.69) is 5.43 Å². The van der Waals surface area contributed by atoms with E-state index in [4.69, 9.17) is 10.3 Å². The van der Waals surface area contributed by atoms with Crippen LogP contribution in [0.25, 0.3) is 11.0 Å². The van der Waals surface area contributed by atoms with Crippen molar-refractivity contribution in [1.29, 1.82) is 0 Å². The summed E-state index contributed by atoms with van der Waals surface area (Å²) in [7, 11) is 0. The fraction of sp³-hybridized carbons (Fsp3) is 0.0667. The van der Waals surface area contributed by atoms with Crippen LogP contribution in [0.1, 0.15) is 16.1 Å². The van der Waals surface area contributed by atoms with Crippen molar-refractivity contribution in [3.05, 3.63) is 70.3 Å². The molecule has 3 aromatic rings. The summed E-state index contributed by atoms with van der Waals surface area (Å²) >= 11 is 0. The van der Waals surface area contributed by atoms with Crippen LogP contribution in [-0.4, -0.2) is 10.5 Å². The summed E-state index contributed by atoms with van der Waals surface area (Å²) in [5, 5.41) is 0.666. The van der Waals surface area contributed by atoms with Gasteiger partial charge in [0.25, 0.3) is 11.5 Å². The molecule has 0 unspecified atom stereocenters. The van der Waals surface area contributed by atoms with Gasteiger partial charge in [-0.05, 0) is 12.1 Å². The molecule has 1 aromatic carbocycles. The predicted octanol–water partition coefficient (Wildman–Crippen LogP) is 1.25. The summed E-state index contributed by atoms with van der Waals surface area (Å²) in [6, 6.07) is 12.0. The lowest BCUT2D eigenvalue weighted by atomic mass is 10.1. The number of benzene rings is 1. The van der Waals surface area contributed by atoms with Crippen LogP contribution in [0.2, 0.25) is 0 Å². The largest absolute Gasteiger partial charge is 0.458 e. The molecule has 106 valence electrons. The maximum atomic E-state index is 12.0. The Morgan fingerprint density at radius 3 is 2.71 bits per heavy atom. The van der Waals surface area contributed by atoms with Gasteiger partial charge in [-0.25, -0.2) is 5.84 Å². The maximum Gasteiger partial charge on any atom is 0.269 e. The van der Waals surface area contributed by atoms with Gasteiger partial charge in [-0.2, -0.15) is 0 Å². The average molecular weight is 283 g/mol. The number of amides is 1. The Labute approximate surface area is 119 Å². The first-order valence-electron chi connectivity index (χ1n) is 6.37. The highest BCUT2D eigenvalue weighted by molar-refractivity contribution is 6.07. The molecule has 3 rings (SSSR count). The number of carbonyl (C=O) groups excluding carboxylic acids is 1. The van der Waals surface area contributed by atoms with Gasteiger partial charge in [0.15, 0.2) is 0 Å². The molecule has 6 nitrogen and oxygen atoms in total. The standard InChI is InChI=1S/C15H13N3O3/c16-17-15(20)14-10-5-1-2-6-11(10)21-12(14)9-18-8-4-3-7-13(18)19/h1-8H,9,16H2,(H,17,20). The second kappa shape index (κ2) is 5.26. The van der Waals surface area contributed by atoms with E-state index in [1.807, 2.05) is 12.1 Å². The van der Waals surface area contributed by atoms with Crippen LogP contribution in [0, 0.1) is 0 Å². The second-order valence-electron chi connectivity index (χ2n) is 4.54. The molecule has 0 aliphatic rings. The normalized spacial score (nSPS) is 10.7. The third-order valence-corrected chi connectivity index (χ3v) is 3.24. The summed E-state index contributed by atoms with van der Waals surface area (Å²) in [5.74, 6) is 5.19. The SMILES string of the molecule is NNC(=O)c1c(Cn2ccccc2=O)oc2ccccc12. The van der Waals surface area contributed by atoms with Crippen molar-refractivity contribution in [1.82, 2.24) is 9.99 Å². The lowest BCUT2D eigenvalue weighted by Gasteiger charge is -2.04. The Hall–Kier alpha value is -2.86. The number of carbonyl (C=O) groups is 1. The molecular weight excluding hydrogens is 270 g/mol. The van der Waals surface area contributed by atoms with Crippen molar-refractivity contribution >= 4 is 16.9 Å². The minimum Gasteiger partial charge on any atom is -0.458 e. The minimum atomic E-state index is -0.445. The number of hydrogen-bond acceptors (Lipinski definition) is 4. The summed E-state index contributed by atoms with van der Waals surface area (Å²) in [4.78, 5) is 23.8. The third kappa shape index (κ3) is 2.32. The van der Waals surface area contributed by atoms with E-state index in [9.17, 15) is 9.59 Å². The molecule has 2 aromatic heterocycles. The number of nitrogens with zero attached hydrogens (tertiary/aromatic N) is 1. The van der Waals surface area contributed by atoms with Gasteiger partial charge >= 0.3 is 0 Å². The van der Waals surface area contributed by atoms with Crippen LogP contribution in [0.3, 0.4) is 0 Å². The van der Waals surface area contributed by atoms with Gasteiger partial charge in [-0.3, -0.25) is 15.0 Å². The highest BCUT2D eigenvalue weighted by Crippen LogP contribution is 2.26. The van der Waals surface area contributed by atoms with Gasteiger partial charge in [-0.1, -0.05) is 24.3 Å². The number of furan rings is 1. The molecule has 0 atom stereocenters. The Kier molecular flexibility index (Phi) is 3.29. The summed E-state index contributed by atoms with van der Waals surface area (Å²) in [6.07, 6.45) is 1.64. The van der Waals surface area contributed by atoms with Gasteiger partial charge in [0.2, 0.25) is 0 Å². The fourth-order valence-corrected chi connectivity index (χ4v) is 2.27. The number of nitrogens with one attached hydrogen (secondary N) is 1. The zero-order valence-electron chi connectivity index (χ0n) is 11.1. The number of fused-ring (bicyclic) bond motifs is 1. The summed E-state index contributed by atoms with van der Waals surface area (Å²) < 4.78 is 7.17.